The average Bonchev–Trinajstić information content (AvgIpc) is 3.00. The fourth-order valence-electron chi connectivity index (χ4n) is 2.42. The number of amides is 2. The van der Waals surface area contributed by atoms with Gasteiger partial charge in [-0.15, -0.1) is 11.3 Å². The Morgan fingerprint density at radius 2 is 1.70 bits per heavy atom. The second kappa shape index (κ2) is 8.63. The molecule has 0 aliphatic carbocycles. The fourth-order valence-corrected chi connectivity index (χ4v) is 3.46. The minimum atomic E-state index is -1.05. The van der Waals surface area contributed by atoms with Gasteiger partial charge < -0.3 is 15.7 Å². The number of aliphatic hydroxyl groups is 1. The van der Waals surface area contributed by atoms with Gasteiger partial charge in [-0.1, -0.05) is 45.0 Å². The Hall–Kier alpha value is -2.25. The lowest BCUT2D eigenvalue weighted by Gasteiger charge is -2.13. The molecular formula is C20H27N3O3S. The predicted molar refractivity (Wildman–Crippen MR) is 107 cm³/mol. The molecule has 0 aliphatic rings. The molecule has 27 heavy (non-hydrogen) atoms. The average molecular weight is 390 g/mol. The molecule has 0 spiro atoms. The number of aryl methyl sites for hydroxylation is 1. The number of carbonyl (C=O) groups is 2. The summed E-state index contributed by atoms with van der Waals surface area (Å²) in [5, 5.41) is 15.8. The topological polar surface area (TPSA) is 91.3 Å². The third-order valence-corrected chi connectivity index (χ3v) is 5.62. The molecule has 1 heterocycles. The van der Waals surface area contributed by atoms with Gasteiger partial charge in [-0.05, 0) is 25.0 Å². The van der Waals surface area contributed by atoms with Crippen molar-refractivity contribution in [1.29, 1.82) is 0 Å². The van der Waals surface area contributed by atoms with Crippen LogP contribution in [0.1, 0.15) is 59.2 Å². The molecular weight excluding hydrogens is 362 g/mol. The number of rotatable bonds is 6. The van der Waals surface area contributed by atoms with Crippen LogP contribution < -0.4 is 10.6 Å². The summed E-state index contributed by atoms with van der Waals surface area (Å²) >= 11 is 1.42. The maximum absolute atomic E-state index is 12.6. The second-order valence-corrected chi connectivity index (χ2v) is 8.53. The Balaban J connectivity index is 2.06. The van der Waals surface area contributed by atoms with E-state index in [2.05, 4.69) is 36.4 Å². The zero-order valence-corrected chi connectivity index (χ0v) is 17.2. The van der Waals surface area contributed by atoms with E-state index in [9.17, 15) is 14.7 Å². The van der Waals surface area contributed by atoms with Crippen molar-refractivity contribution in [3.05, 3.63) is 51.0 Å². The lowest BCUT2D eigenvalue weighted by atomic mass is 9.98. The van der Waals surface area contributed by atoms with E-state index in [0.717, 1.165) is 21.8 Å². The molecule has 2 rings (SSSR count). The summed E-state index contributed by atoms with van der Waals surface area (Å²) in [6.45, 7) is 10.1. The van der Waals surface area contributed by atoms with E-state index < -0.39 is 12.0 Å². The summed E-state index contributed by atoms with van der Waals surface area (Å²) in [5.41, 5.74) is 2.45. The third-order valence-electron chi connectivity index (χ3n) is 4.03. The van der Waals surface area contributed by atoms with Gasteiger partial charge in [-0.3, -0.25) is 9.59 Å². The monoisotopic (exact) mass is 389 g/mol. The Labute approximate surface area is 164 Å². The first-order valence-corrected chi connectivity index (χ1v) is 9.70. The number of thiazole rings is 1. The van der Waals surface area contributed by atoms with Gasteiger partial charge in [-0.2, -0.15) is 0 Å². The van der Waals surface area contributed by atoms with Crippen molar-refractivity contribution in [2.75, 3.05) is 0 Å². The van der Waals surface area contributed by atoms with Crippen LogP contribution in [-0.2, 0) is 23.3 Å². The summed E-state index contributed by atoms with van der Waals surface area (Å²) in [6, 6.07) is 7.55. The summed E-state index contributed by atoms with van der Waals surface area (Å²) in [5.74, 6) is -0.577. The Bertz CT molecular complexity index is 822. The van der Waals surface area contributed by atoms with Crippen molar-refractivity contribution in [2.24, 2.45) is 0 Å². The molecule has 1 atom stereocenters. The molecule has 7 heteroatoms. The maximum Gasteiger partial charge on any atom is 0.263 e. The molecule has 3 N–H and O–H groups in total. The zero-order chi connectivity index (χ0) is 20.2. The number of nitrogens with zero attached hydrogens (tertiary/aromatic N) is 1. The minimum Gasteiger partial charge on any atom is -0.384 e. The number of aliphatic hydroxyl groups excluding tert-OH is 1. The highest BCUT2D eigenvalue weighted by atomic mass is 32.1. The smallest absolute Gasteiger partial charge is 0.263 e. The van der Waals surface area contributed by atoms with Crippen LogP contribution in [0.5, 0.6) is 0 Å². The zero-order valence-electron chi connectivity index (χ0n) is 16.4. The van der Waals surface area contributed by atoms with E-state index in [0.29, 0.717) is 18.0 Å². The van der Waals surface area contributed by atoms with E-state index in [4.69, 9.17) is 0 Å². The van der Waals surface area contributed by atoms with Crippen molar-refractivity contribution in [3.63, 3.8) is 0 Å². The highest BCUT2D eigenvalue weighted by Gasteiger charge is 2.23. The van der Waals surface area contributed by atoms with Crippen LogP contribution in [0.15, 0.2) is 24.3 Å². The van der Waals surface area contributed by atoms with Crippen LogP contribution in [-0.4, -0.2) is 28.0 Å². The van der Waals surface area contributed by atoms with Crippen molar-refractivity contribution >= 4 is 23.2 Å². The van der Waals surface area contributed by atoms with E-state index >= 15 is 0 Å². The SMILES string of the molecule is Cc1nc(C(C)(C)C)sc1C(=O)NCc1ccccc1CNC(=O)C(C)O. The Morgan fingerprint density at radius 3 is 2.19 bits per heavy atom. The van der Waals surface area contributed by atoms with Gasteiger partial charge in [0.05, 0.1) is 10.7 Å². The van der Waals surface area contributed by atoms with Gasteiger partial charge in [-0.25, -0.2) is 4.98 Å². The van der Waals surface area contributed by atoms with E-state index in [1.807, 2.05) is 31.2 Å². The summed E-state index contributed by atoms with van der Waals surface area (Å²) in [7, 11) is 0. The lowest BCUT2D eigenvalue weighted by Crippen LogP contribution is -2.32. The normalized spacial score (nSPS) is 12.5. The third kappa shape index (κ3) is 5.61. The van der Waals surface area contributed by atoms with Crippen LogP contribution in [0.2, 0.25) is 0 Å². The molecule has 2 amide bonds. The molecule has 0 bridgehead atoms. The van der Waals surface area contributed by atoms with Crippen molar-refractivity contribution in [1.82, 2.24) is 15.6 Å². The quantitative estimate of drug-likeness (QED) is 0.708. The summed E-state index contributed by atoms with van der Waals surface area (Å²) < 4.78 is 0. The largest absolute Gasteiger partial charge is 0.384 e. The molecule has 1 aromatic carbocycles. The molecule has 146 valence electrons. The van der Waals surface area contributed by atoms with Gasteiger partial charge in [0.25, 0.3) is 5.91 Å². The van der Waals surface area contributed by atoms with E-state index in [1.165, 1.54) is 18.3 Å². The number of carbonyl (C=O) groups excluding carboxylic acids is 2. The van der Waals surface area contributed by atoms with Crippen LogP contribution >= 0.6 is 11.3 Å². The first-order chi connectivity index (χ1) is 12.6. The number of aromatic nitrogens is 1. The molecule has 0 fully saturated rings. The summed E-state index contributed by atoms with van der Waals surface area (Å²) in [4.78, 5) is 29.3. The minimum absolute atomic E-state index is 0.0946. The summed E-state index contributed by atoms with van der Waals surface area (Å²) in [6.07, 6.45) is -1.05. The molecule has 0 saturated heterocycles. The molecule has 0 radical (unpaired) electrons. The first kappa shape index (κ1) is 21.1. The lowest BCUT2D eigenvalue weighted by molar-refractivity contribution is -0.128. The van der Waals surface area contributed by atoms with Gasteiger partial charge in [0.1, 0.15) is 11.0 Å². The van der Waals surface area contributed by atoms with Crippen molar-refractivity contribution in [2.45, 2.75) is 59.2 Å². The molecule has 1 aromatic heterocycles. The Morgan fingerprint density at radius 1 is 1.15 bits per heavy atom. The second-order valence-electron chi connectivity index (χ2n) is 7.53. The van der Waals surface area contributed by atoms with Gasteiger partial charge in [0, 0.05) is 18.5 Å². The first-order valence-electron chi connectivity index (χ1n) is 8.88. The number of nitrogens with one attached hydrogen (secondary N) is 2. The number of hydrogen-bond donors (Lipinski definition) is 3. The van der Waals surface area contributed by atoms with Crippen LogP contribution in [0, 0.1) is 6.92 Å². The van der Waals surface area contributed by atoms with Crippen LogP contribution in [0.3, 0.4) is 0 Å². The molecule has 2 aromatic rings. The van der Waals surface area contributed by atoms with E-state index in [-0.39, 0.29) is 11.3 Å². The maximum atomic E-state index is 12.6. The van der Waals surface area contributed by atoms with Crippen molar-refractivity contribution in [3.8, 4) is 0 Å². The molecule has 0 aliphatic heterocycles. The predicted octanol–water partition coefficient (Wildman–Crippen LogP) is 2.68. The molecule has 1 unspecified atom stereocenters. The Kier molecular flexibility index (Phi) is 6.73. The van der Waals surface area contributed by atoms with Gasteiger partial charge in [0.2, 0.25) is 5.91 Å². The van der Waals surface area contributed by atoms with Crippen LogP contribution in [0.25, 0.3) is 0 Å². The number of hydrogen-bond acceptors (Lipinski definition) is 5. The van der Waals surface area contributed by atoms with Gasteiger partial charge in [0.15, 0.2) is 0 Å². The highest BCUT2D eigenvalue weighted by molar-refractivity contribution is 7.14. The fraction of sp³-hybridized carbons (Fsp3) is 0.450. The van der Waals surface area contributed by atoms with Crippen molar-refractivity contribution < 1.29 is 14.7 Å². The van der Waals surface area contributed by atoms with E-state index in [1.54, 1.807) is 0 Å². The number of benzene rings is 1. The molecule has 0 saturated carbocycles. The van der Waals surface area contributed by atoms with Crippen LogP contribution in [0.4, 0.5) is 0 Å². The standard InChI is InChI=1S/C20H27N3O3S/c1-12-16(27-19(23-12)20(3,4)5)18(26)22-11-15-9-7-6-8-14(15)10-21-17(25)13(2)24/h6-9,13,24H,10-11H2,1-5H3,(H,21,25)(H,22,26). The molecule has 6 nitrogen and oxygen atoms in total. The highest BCUT2D eigenvalue weighted by Crippen LogP contribution is 2.29. The van der Waals surface area contributed by atoms with Gasteiger partial charge >= 0.3 is 0 Å².